The van der Waals surface area contributed by atoms with Gasteiger partial charge >= 0.3 is 13.3 Å². The van der Waals surface area contributed by atoms with Crippen LogP contribution >= 0.6 is 19.4 Å². The Balaban J connectivity index is 2.22. The van der Waals surface area contributed by atoms with Gasteiger partial charge in [-0.15, -0.1) is 0 Å². The fourth-order valence-corrected chi connectivity index (χ4v) is 5.03. The molecule has 3 rings (SSSR count). The predicted molar refractivity (Wildman–Crippen MR) is 126 cm³/mol. The second-order valence-electron chi connectivity index (χ2n) is 6.65. The van der Waals surface area contributed by atoms with Crippen LogP contribution in [0.2, 0.25) is 5.02 Å². The van der Waals surface area contributed by atoms with E-state index in [2.05, 4.69) is 0 Å². The summed E-state index contributed by atoms with van der Waals surface area (Å²) in [4.78, 5) is 26.4. The summed E-state index contributed by atoms with van der Waals surface area (Å²) in [6, 6.07) is 14.6. The number of rotatable bonds is 9. The Bertz CT molecular complexity index is 1230. The van der Waals surface area contributed by atoms with Gasteiger partial charge in [0, 0.05) is 11.6 Å². The topological polar surface area (TPSA) is 88.1 Å². The molecule has 0 saturated heterocycles. The number of benzene rings is 3. The van der Waals surface area contributed by atoms with Crippen LogP contribution in [0, 0.1) is 0 Å². The highest BCUT2D eigenvalue weighted by Crippen LogP contribution is 2.45. The van der Waals surface area contributed by atoms with Crippen LogP contribution in [0.15, 0.2) is 54.6 Å². The zero-order chi connectivity index (χ0) is 24.1. The molecule has 0 heterocycles. The molecular weight excluding hydrogens is 467 g/mol. The first-order chi connectivity index (χ1) is 15.9. The lowest BCUT2D eigenvalue weighted by Crippen LogP contribution is -2.16. The number of carbonyl (C=O) groups excluding carboxylic acids is 2. The van der Waals surface area contributed by atoms with E-state index in [0.29, 0.717) is 5.56 Å². The van der Waals surface area contributed by atoms with Gasteiger partial charge in [-0.2, -0.15) is 0 Å². The van der Waals surface area contributed by atoms with E-state index in [1.165, 1.54) is 40.6 Å². The fourth-order valence-electron chi connectivity index (χ4n) is 3.35. The molecular formula is C24H21ClO7P+. The van der Waals surface area contributed by atoms with Gasteiger partial charge in [0.05, 0.1) is 39.0 Å². The minimum atomic E-state index is -2.81. The van der Waals surface area contributed by atoms with Crippen molar-refractivity contribution in [1.29, 1.82) is 0 Å². The first kappa shape index (κ1) is 24.2. The lowest BCUT2D eigenvalue weighted by atomic mass is 10.0. The summed E-state index contributed by atoms with van der Waals surface area (Å²) in [5.41, 5.74) is -0.273. The normalized spacial score (nSPS) is 10.9. The molecule has 7 nitrogen and oxygen atoms in total. The average molecular weight is 488 g/mol. The monoisotopic (exact) mass is 487 g/mol. The predicted octanol–water partition coefficient (Wildman–Crippen LogP) is 4.90. The van der Waals surface area contributed by atoms with Crippen molar-refractivity contribution < 1.29 is 33.1 Å². The minimum Gasteiger partial charge on any atom is -0.496 e. The largest absolute Gasteiger partial charge is 0.496 e. The molecule has 0 aliphatic carbocycles. The van der Waals surface area contributed by atoms with Crippen LogP contribution in [-0.4, -0.2) is 39.7 Å². The highest BCUT2D eigenvalue weighted by molar-refractivity contribution is 7.72. The van der Waals surface area contributed by atoms with Gasteiger partial charge in [-0.05, 0) is 12.1 Å². The third-order valence-electron chi connectivity index (χ3n) is 4.88. The summed E-state index contributed by atoms with van der Waals surface area (Å²) in [5, 5.41) is 0.0342. The molecule has 3 aromatic rings. The number of ether oxygens (including phenoxy) is 4. The molecule has 0 fully saturated rings. The van der Waals surface area contributed by atoms with Crippen LogP contribution in [0.5, 0.6) is 23.0 Å². The minimum absolute atomic E-state index is 0.0319. The Labute approximate surface area is 197 Å². The zero-order valence-corrected chi connectivity index (χ0v) is 20.0. The van der Waals surface area contributed by atoms with E-state index in [1.54, 1.807) is 42.5 Å². The Hall–Kier alpha value is -3.41. The van der Waals surface area contributed by atoms with Gasteiger partial charge < -0.3 is 18.9 Å². The molecule has 0 aromatic heterocycles. The van der Waals surface area contributed by atoms with Crippen LogP contribution < -0.4 is 24.3 Å². The molecule has 0 amide bonds. The Morgan fingerprint density at radius 2 is 1.42 bits per heavy atom. The molecule has 1 unspecified atom stereocenters. The van der Waals surface area contributed by atoms with Crippen molar-refractivity contribution in [3.05, 3.63) is 76.3 Å². The first-order valence-electron chi connectivity index (χ1n) is 9.66. The van der Waals surface area contributed by atoms with E-state index in [1.807, 2.05) is 0 Å². The van der Waals surface area contributed by atoms with Crippen LogP contribution in [-0.2, 0) is 4.57 Å². The van der Waals surface area contributed by atoms with Gasteiger partial charge in [0.2, 0.25) is 5.75 Å². The van der Waals surface area contributed by atoms with Gasteiger partial charge in [0.15, 0.2) is 17.3 Å². The van der Waals surface area contributed by atoms with E-state index in [9.17, 15) is 14.2 Å². The van der Waals surface area contributed by atoms with Crippen molar-refractivity contribution in [3.63, 3.8) is 0 Å². The molecule has 0 bridgehead atoms. The molecule has 1 atom stereocenters. The second-order valence-corrected chi connectivity index (χ2v) is 8.50. The quantitative estimate of drug-likeness (QED) is 0.313. The van der Waals surface area contributed by atoms with E-state index >= 15 is 0 Å². The number of hydrogen-bond acceptors (Lipinski definition) is 7. The highest BCUT2D eigenvalue weighted by Gasteiger charge is 2.44. The third-order valence-corrected chi connectivity index (χ3v) is 6.62. The third kappa shape index (κ3) is 4.56. The molecule has 0 N–H and O–H groups in total. The van der Waals surface area contributed by atoms with E-state index in [0.717, 1.165) is 0 Å². The van der Waals surface area contributed by atoms with E-state index in [-0.39, 0.29) is 50.2 Å². The van der Waals surface area contributed by atoms with Crippen LogP contribution in [0.1, 0.15) is 26.3 Å². The maximum absolute atomic E-state index is 13.5. The number of ketones is 1. The van der Waals surface area contributed by atoms with Crippen molar-refractivity contribution in [1.82, 2.24) is 0 Å². The van der Waals surface area contributed by atoms with E-state index in [4.69, 9.17) is 30.5 Å². The Morgan fingerprint density at radius 1 is 0.788 bits per heavy atom. The summed E-state index contributed by atoms with van der Waals surface area (Å²) >= 11 is 6.21. The number of halogens is 1. The van der Waals surface area contributed by atoms with Crippen molar-refractivity contribution in [2.45, 2.75) is 0 Å². The van der Waals surface area contributed by atoms with Gasteiger partial charge in [0.1, 0.15) is 11.3 Å². The van der Waals surface area contributed by atoms with Crippen molar-refractivity contribution in [3.8, 4) is 23.0 Å². The fraction of sp³-hybridized carbons (Fsp3) is 0.167. The molecule has 0 aliphatic heterocycles. The standard InChI is InChI=1S/C24H21ClO7P/c1-29-17-12-8-11-16(25)19(17)24(27)33(28)23-18(30-2)13-15(21(31-3)22(23)32-4)20(26)14-9-6-5-7-10-14/h5-13H,1-4H3/q+1. The average Bonchev–Trinajstić information content (AvgIpc) is 2.86. The molecule has 0 radical (unpaired) electrons. The maximum atomic E-state index is 13.5. The van der Waals surface area contributed by atoms with Crippen LogP contribution in [0.4, 0.5) is 0 Å². The van der Waals surface area contributed by atoms with E-state index < -0.39 is 13.3 Å². The SMILES string of the molecule is COc1cccc(Cl)c1C(=O)[P+](=O)c1c(OC)cc(C(=O)c2ccccc2)c(OC)c1OC. The Morgan fingerprint density at radius 3 is 2.00 bits per heavy atom. The van der Waals surface area contributed by atoms with Gasteiger partial charge in [-0.1, -0.05) is 52.6 Å². The van der Waals surface area contributed by atoms with Gasteiger partial charge in [0.25, 0.3) is 5.30 Å². The molecule has 0 aliphatic rings. The lowest BCUT2D eigenvalue weighted by Gasteiger charge is -2.15. The second kappa shape index (κ2) is 10.5. The van der Waals surface area contributed by atoms with Gasteiger partial charge in [-0.3, -0.25) is 4.79 Å². The smallest absolute Gasteiger partial charge is 0.466 e. The zero-order valence-electron chi connectivity index (χ0n) is 18.4. The number of hydrogen-bond donors (Lipinski definition) is 0. The summed E-state index contributed by atoms with van der Waals surface area (Å²) in [6.07, 6.45) is 0. The highest BCUT2D eigenvalue weighted by atomic mass is 35.5. The van der Waals surface area contributed by atoms with Crippen molar-refractivity contribution in [2.75, 3.05) is 28.4 Å². The molecule has 170 valence electrons. The lowest BCUT2D eigenvalue weighted by molar-refractivity contribution is 0.103. The Kier molecular flexibility index (Phi) is 7.69. The molecule has 33 heavy (non-hydrogen) atoms. The molecule has 3 aromatic carbocycles. The first-order valence-corrected chi connectivity index (χ1v) is 11.3. The van der Waals surface area contributed by atoms with Crippen molar-refractivity contribution in [2.24, 2.45) is 0 Å². The summed E-state index contributed by atoms with van der Waals surface area (Å²) < 4.78 is 35.1. The molecule has 0 spiro atoms. The molecule has 0 saturated carbocycles. The van der Waals surface area contributed by atoms with Gasteiger partial charge in [-0.25, -0.2) is 4.79 Å². The summed E-state index contributed by atoms with van der Waals surface area (Å²) in [7, 11) is 2.58. The molecule has 9 heteroatoms. The number of methoxy groups -OCH3 is 4. The van der Waals surface area contributed by atoms with Crippen LogP contribution in [0.3, 0.4) is 0 Å². The summed E-state index contributed by atoms with van der Waals surface area (Å²) in [6.45, 7) is 0. The van der Waals surface area contributed by atoms with Crippen LogP contribution in [0.25, 0.3) is 0 Å². The number of carbonyl (C=O) groups is 2. The maximum Gasteiger partial charge on any atom is 0.466 e. The van der Waals surface area contributed by atoms with Crippen molar-refractivity contribution >= 4 is 36.0 Å². The summed E-state index contributed by atoms with van der Waals surface area (Å²) in [5.74, 6) is -0.157.